The summed E-state index contributed by atoms with van der Waals surface area (Å²) in [5.41, 5.74) is 0.911. The Labute approximate surface area is 93.7 Å². The number of rotatable bonds is 1. The van der Waals surface area contributed by atoms with Gasteiger partial charge < -0.3 is 19.3 Å². The van der Waals surface area contributed by atoms with Gasteiger partial charge in [-0.2, -0.15) is 0 Å². The maximum Gasteiger partial charge on any atom is 0.205 e. The highest BCUT2D eigenvalue weighted by molar-refractivity contribution is 5.48. The second-order valence-corrected chi connectivity index (χ2v) is 4.16. The van der Waals surface area contributed by atoms with Gasteiger partial charge in [0.2, 0.25) is 6.29 Å². The lowest BCUT2D eigenvalue weighted by Gasteiger charge is -2.34. The molecule has 2 heterocycles. The van der Waals surface area contributed by atoms with Crippen LogP contribution < -0.4 is 4.74 Å². The van der Waals surface area contributed by atoms with Gasteiger partial charge >= 0.3 is 0 Å². The standard InChI is InChI=1S/C12H14O4/c1-14-10-7-3-2-4-9(13)11(7)16-12-8(10)5-6-15-12/h2-4,8,10,12-13H,5-6H2,1H3/t8-,10+,12+/m0/s1. The zero-order valence-corrected chi connectivity index (χ0v) is 9.05. The maximum absolute atomic E-state index is 9.75. The molecule has 2 aliphatic heterocycles. The average molecular weight is 222 g/mol. The van der Waals surface area contributed by atoms with Crippen molar-refractivity contribution in [2.24, 2.45) is 5.92 Å². The van der Waals surface area contributed by atoms with Gasteiger partial charge in [0, 0.05) is 12.7 Å². The summed E-state index contributed by atoms with van der Waals surface area (Å²) in [5.74, 6) is 0.866. The van der Waals surface area contributed by atoms with Crippen LogP contribution in [0.1, 0.15) is 18.1 Å². The first-order valence-corrected chi connectivity index (χ1v) is 5.44. The Bertz CT molecular complexity index is 404. The summed E-state index contributed by atoms with van der Waals surface area (Å²) >= 11 is 0. The number of ether oxygens (including phenoxy) is 3. The fraction of sp³-hybridized carbons (Fsp3) is 0.500. The first kappa shape index (κ1) is 9.93. The van der Waals surface area contributed by atoms with Gasteiger partial charge in [-0.15, -0.1) is 0 Å². The van der Waals surface area contributed by atoms with Crippen molar-refractivity contribution in [1.82, 2.24) is 0 Å². The molecule has 3 rings (SSSR count). The summed E-state index contributed by atoms with van der Waals surface area (Å²) in [7, 11) is 1.68. The number of benzene rings is 1. The van der Waals surface area contributed by atoms with Crippen molar-refractivity contribution >= 4 is 0 Å². The topological polar surface area (TPSA) is 47.9 Å². The lowest BCUT2D eigenvalue weighted by Crippen LogP contribution is -2.33. The lowest BCUT2D eigenvalue weighted by atomic mass is 9.90. The van der Waals surface area contributed by atoms with Gasteiger partial charge in [0.15, 0.2) is 11.5 Å². The quantitative estimate of drug-likeness (QED) is 0.787. The molecule has 1 fully saturated rings. The molecule has 3 atom stereocenters. The molecule has 0 aromatic heterocycles. The van der Waals surface area contributed by atoms with E-state index < -0.39 is 0 Å². The van der Waals surface area contributed by atoms with Crippen LogP contribution in [0, 0.1) is 5.92 Å². The van der Waals surface area contributed by atoms with Crippen LogP contribution in [0.15, 0.2) is 18.2 Å². The van der Waals surface area contributed by atoms with Crippen molar-refractivity contribution in [2.75, 3.05) is 13.7 Å². The van der Waals surface area contributed by atoms with E-state index in [9.17, 15) is 5.11 Å². The number of hydrogen-bond acceptors (Lipinski definition) is 4. The van der Waals surface area contributed by atoms with Crippen LogP contribution in [-0.4, -0.2) is 25.1 Å². The molecule has 86 valence electrons. The van der Waals surface area contributed by atoms with E-state index in [1.807, 2.05) is 6.07 Å². The Kier molecular flexibility index (Phi) is 2.26. The van der Waals surface area contributed by atoms with Crippen LogP contribution in [0.25, 0.3) is 0 Å². The zero-order valence-electron chi connectivity index (χ0n) is 9.05. The molecular weight excluding hydrogens is 208 g/mol. The zero-order chi connectivity index (χ0) is 11.1. The summed E-state index contributed by atoms with van der Waals surface area (Å²) in [6, 6.07) is 5.35. The van der Waals surface area contributed by atoms with Gasteiger partial charge in [-0.05, 0) is 12.5 Å². The number of methoxy groups -OCH3 is 1. The number of fused-ring (bicyclic) bond motifs is 2. The molecule has 0 bridgehead atoms. The fourth-order valence-electron chi connectivity index (χ4n) is 2.54. The third kappa shape index (κ3) is 1.30. The van der Waals surface area contributed by atoms with Crippen molar-refractivity contribution in [1.29, 1.82) is 0 Å². The summed E-state index contributed by atoms with van der Waals surface area (Å²) in [4.78, 5) is 0. The van der Waals surface area contributed by atoms with E-state index >= 15 is 0 Å². The first-order chi connectivity index (χ1) is 7.81. The molecule has 1 N–H and O–H groups in total. The van der Waals surface area contributed by atoms with Crippen LogP contribution in [0.2, 0.25) is 0 Å². The second-order valence-electron chi connectivity index (χ2n) is 4.16. The molecule has 0 saturated carbocycles. The van der Waals surface area contributed by atoms with E-state index in [4.69, 9.17) is 14.2 Å². The number of hydrogen-bond donors (Lipinski definition) is 1. The van der Waals surface area contributed by atoms with Gasteiger partial charge in [-0.3, -0.25) is 0 Å². The molecule has 0 spiro atoms. The van der Waals surface area contributed by atoms with Crippen molar-refractivity contribution < 1.29 is 19.3 Å². The number of para-hydroxylation sites is 1. The van der Waals surface area contributed by atoms with E-state index in [1.54, 1.807) is 19.2 Å². The number of phenolic OH excluding ortho intramolecular Hbond substituents is 1. The van der Waals surface area contributed by atoms with Crippen LogP contribution in [-0.2, 0) is 9.47 Å². The minimum atomic E-state index is -0.286. The van der Waals surface area contributed by atoms with Crippen molar-refractivity contribution in [3.05, 3.63) is 23.8 Å². The second kappa shape index (κ2) is 3.64. The molecule has 4 heteroatoms. The van der Waals surface area contributed by atoms with Crippen LogP contribution >= 0.6 is 0 Å². The molecule has 0 unspecified atom stereocenters. The SMILES string of the molecule is CO[C@@H]1c2cccc(O)c2O[C@H]2OCC[C@H]21. The highest BCUT2D eigenvalue weighted by Crippen LogP contribution is 2.47. The predicted octanol–water partition coefficient (Wildman–Crippen LogP) is 1.83. The van der Waals surface area contributed by atoms with Crippen molar-refractivity contribution in [2.45, 2.75) is 18.8 Å². The summed E-state index contributed by atoms with van der Waals surface area (Å²) in [6.45, 7) is 0.684. The van der Waals surface area contributed by atoms with Gasteiger partial charge in [-0.1, -0.05) is 12.1 Å². The van der Waals surface area contributed by atoms with Crippen LogP contribution in [0.5, 0.6) is 11.5 Å². The van der Waals surface area contributed by atoms with Crippen LogP contribution in [0.4, 0.5) is 0 Å². The Morgan fingerprint density at radius 3 is 3.12 bits per heavy atom. The smallest absolute Gasteiger partial charge is 0.205 e. The average Bonchev–Trinajstić information content (AvgIpc) is 2.75. The molecular formula is C12H14O4. The Balaban J connectivity index is 2.08. The fourth-order valence-corrected chi connectivity index (χ4v) is 2.54. The Morgan fingerprint density at radius 1 is 1.44 bits per heavy atom. The minimum Gasteiger partial charge on any atom is -0.504 e. The molecule has 1 aromatic carbocycles. The summed E-state index contributed by atoms with van der Waals surface area (Å²) in [5, 5.41) is 9.75. The number of aromatic hydroxyl groups is 1. The molecule has 16 heavy (non-hydrogen) atoms. The van der Waals surface area contributed by atoms with Gasteiger partial charge in [-0.25, -0.2) is 0 Å². The number of phenols is 1. The highest BCUT2D eigenvalue weighted by Gasteiger charge is 2.43. The van der Waals surface area contributed by atoms with Gasteiger partial charge in [0.05, 0.1) is 18.6 Å². The largest absolute Gasteiger partial charge is 0.504 e. The summed E-state index contributed by atoms with van der Waals surface area (Å²) < 4.78 is 16.7. The molecule has 0 aliphatic carbocycles. The van der Waals surface area contributed by atoms with Gasteiger partial charge in [0.1, 0.15) is 0 Å². The Morgan fingerprint density at radius 2 is 2.31 bits per heavy atom. The van der Waals surface area contributed by atoms with E-state index in [0.717, 1.165) is 12.0 Å². The molecule has 0 radical (unpaired) electrons. The van der Waals surface area contributed by atoms with Crippen LogP contribution in [0.3, 0.4) is 0 Å². The third-order valence-corrected chi connectivity index (χ3v) is 3.29. The monoisotopic (exact) mass is 222 g/mol. The van der Waals surface area contributed by atoms with E-state index in [1.165, 1.54) is 0 Å². The van der Waals surface area contributed by atoms with E-state index in [0.29, 0.717) is 12.4 Å². The van der Waals surface area contributed by atoms with Gasteiger partial charge in [0.25, 0.3) is 0 Å². The molecule has 1 saturated heterocycles. The molecule has 0 amide bonds. The van der Waals surface area contributed by atoms with Crippen molar-refractivity contribution in [3.8, 4) is 11.5 Å². The first-order valence-electron chi connectivity index (χ1n) is 5.44. The third-order valence-electron chi connectivity index (χ3n) is 3.29. The maximum atomic E-state index is 9.75. The lowest BCUT2D eigenvalue weighted by molar-refractivity contribution is -0.113. The minimum absolute atomic E-state index is 0.0525. The van der Waals surface area contributed by atoms with E-state index in [-0.39, 0.29) is 24.1 Å². The molecule has 1 aromatic rings. The molecule has 2 aliphatic rings. The summed E-state index contributed by atoms with van der Waals surface area (Å²) in [6.07, 6.45) is 0.590. The normalized spacial score (nSPS) is 31.7. The van der Waals surface area contributed by atoms with Crippen molar-refractivity contribution in [3.63, 3.8) is 0 Å². The Hall–Kier alpha value is -1.26. The van der Waals surface area contributed by atoms with E-state index in [2.05, 4.69) is 0 Å². The predicted molar refractivity (Wildman–Crippen MR) is 56.3 cm³/mol. The highest BCUT2D eigenvalue weighted by atomic mass is 16.7. The molecule has 4 nitrogen and oxygen atoms in total.